The van der Waals surface area contributed by atoms with Gasteiger partial charge in [0.2, 0.25) is 5.96 Å². The molecule has 0 bridgehead atoms. The number of aliphatic imine (C=N–C) groups is 1. The van der Waals surface area contributed by atoms with Crippen LogP contribution in [0.15, 0.2) is 27.7 Å². The fourth-order valence-electron chi connectivity index (χ4n) is 0.726. The van der Waals surface area contributed by atoms with E-state index in [2.05, 4.69) is 20.9 Å². The van der Waals surface area contributed by atoms with Crippen molar-refractivity contribution in [2.75, 3.05) is 0 Å². The molecule has 1 aromatic rings. The molecule has 0 saturated carbocycles. The van der Waals surface area contributed by atoms with Gasteiger partial charge in [-0.15, -0.1) is 0 Å². The summed E-state index contributed by atoms with van der Waals surface area (Å²) in [4.78, 5) is 3.81. The summed E-state index contributed by atoms with van der Waals surface area (Å²) < 4.78 is 0.835. The SMILES string of the molecule is NC(=Nc1cc(Br)ccc1Cl)NO. The molecule has 0 aliphatic carbocycles. The van der Waals surface area contributed by atoms with Crippen molar-refractivity contribution in [3.8, 4) is 0 Å². The number of benzene rings is 1. The predicted octanol–water partition coefficient (Wildman–Crippen LogP) is 2.03. The number of rotatable bonds is 1. The molecule has 0 saturated heterocycles. The van der Waals surface area contributed by atoms with Crippen molar-refractivity contribution in [1.82, 2.24) is 5.48 Å². The van der Waals surface area contributed by atoms with Crippen molar-refractivity contribution in [3.63, 3.8) is 0 Å². The Morgan fingerprint density at radius 2 is 2.31 bits per heavy atom. The van der Waals surface area contributed by atoms with Crippen LogP contribution in [0.25, 0.3) is 0 Å². The van der Waals surface area contributed by atoms with E-state index in [0.717, 1.165) is 4.47 Å². The molecule has 1 aromatic carbocycles. The summed E-state index contributed by atoms with van der Waals surface area (Å²) in [6.45, 7) is 0. The van der Waals surface area contributed by atoms with Crippen molar-refractivity contribution in [3.05, 3.63) is 27.7 Å². The highest BCUT2D eigenvalue weighted by Gasteiger charge is 1.99. The zero-order valence-corrected chi connectivity index (χ0v) is 8.80. The van der Waals surface area contributed by atoms with Gasteiger partial charge in [-0.2, -0.15) is 0 Å². The first-order valence-electron chi connectivity index (χ1n) is 3.33. The van der Waals surface area contributed by atoms with E-state index >= 15 is 0 Å². The topological polar surface area (TPSA) is 70.6 Å². The van der Waals surface area contributed by atoms with E-state index in [9.17, 15) is 0 Å². The Bertz CT molecular complexity index is 343. The molecule has 0 radical (unpaired) electrons. The van der Waals surface area contributed by atoms with Crippen molar-refractivity contribution >= 4 is 39.2 Å². The molecule has 0 aliphatic heterocycles. The molecule has 0 unspecified atom stereocenters. The Morgan fingerprint density at radius 1 is 1.62 bits per heavy atom. The average molecular weight is 265 g/mol. The molecule has 0 fully saturated rings. The second kappa shape index (κ2) is 4.45. The van der Waals surface area contributed by atoms with E-state index in [1.54, 1.807) is 23.7 Å². The largest absolute Gasteiger partial charge is 0.368 e. The molecule has 6 heteroatoms. The van der Waals surface area contributed by atoms with Crippen molar-refractivity contribution in [1.29, 1.82) is 0 Å². The Kier molecular flexibility index (Phi) is 3.53. The third-order valence-corrected chi connectivity index (χ3v) is 2.08. The first-order valence-corrected chi connectivity index (χ1v) is 4.50. The fraction of sp³-hybridized carbons (Fsp3) is 0. The van der Waals surface area contributed by atoms with Crippen LogP contribution in [0.5, 0.6) is 0 Å². The summed E-state index contributed by atoms with van der Waals surface area (Å²) >= 11 is 9.06. The van der Waals surface area contributed by atoms with Crippen molar-refractivity contribution in [2.45, 2.75) is 0 Å². The first-order chi connectivity index (χ1) is 6.13. The van der Waals surface area contributed by atoms with E-state index in [4.69, 9.17) is 22.5 Å². The van der Waals surface area contributed by atoms with Crippen LogP contribution in [0.4, 0.5) is 5.69 Å². The molecular formula is C7H7BrClN3O. The maximum Gasteiger partial charge on any atom is 0.218 e. The number of hydroxylamine groups is 1. The minimum atomic E-state index is -0.111. The normalized spacial score (nSPS) is 11.5. The van der Waals surface area contributed by atoms with E-state index < -0.39 is 0 Å². The molecule has 0 amide bonds. The van der Waals surface area contributed by atoms with Gasteiger partial charge in [-0.25, -0.2) is 10.5 Å². The van der Waals surface area contributed by atoms with Crippen LogP contribution in [0, 0.1) is 0 Å². The molecule has 0 aliphatic rings. The predicted molar refractivity (Wildman–Crippen MR) is 55.4 cm³/mol. The van der Waals surface area contributed by atoms with E-state index in [-0.39, 0.29) is 5.96 Å². The molecule has 13 heavy (non-hydrogen) atoms. The average Bonchev–Trinajstić information content (AvgIpc) is 2.11. The number of nitrogens with one attached hydrogen (secondary N) is 1. The number of hydrogen-bond acceptors (Lipinski definition) is 2. The Balaban J connectivity index is 3.07. The summed E-state index contributed by atoms with van der Waals surface area (Å²) in [7, 11) is 0. The highest BCUT2D eigenvalue weighted by atomic mass is 79.9. The number of guanidine groups is 1. The lowest BCUT2D eigenvalue weighted by Gasteiger charge is -2.00. The number of nitrogens with zero attached hydrogens (tertiary/aromatic N) is 1. The van der Waals surface area contributed by atoms with Crippen LogP contribution in [0.3, 0.4) is 0 Å². The second-order valence-corrected chi connectivity index (χ2v) is 3.53. The van der Waals surface area contributed by atoms with E-state index in [1.807, 2.05) is 0 Å². The number of hydrogen-bond donors (Lipinski definition) is 3. The van der Waals surface area contributed by atoms with Gasteiger partial charge < -0.3 is 5.73 Å². The standard InChI is InChI=1S/C7H7BrClN3O/c8-4-1-2-5(9)6(3-4)11-7(10)12-13/h1-3,13H,(H3,10,11,12). The smallest absolute Gasteiger partial charge is 0.218 e. The van der Waals surface area contributed by atoms with Crippen LogP contribution >= 0.6 is 27.5 Å². The summed E-state index contributed by atoms with van der Waals surface area (Å²) in [5, 5.41) is 8.86. The minimum absolute atomic E-state index is 0.111. The van der Waals surface area contributed by atoms with Gasteiger partial charge in [0, 0.05) is 4.47 Å². The van der Waals surface area contributed by atoms with Crippen molar-refractivity contribution in [2.24, 2.45) is 10.7 Å². The summed E-state index contributed by atoms with van der Waals surface area (Å²) in [6, 6.07) is 5.14. The van der Waals surface area contributed by atoms with Gasteiger partial charge in [-0.1, -0.05) is 27.5 Å². The van der Waals surface area contributed by atoms with Crippen LogP contribution in [0.1, 0.15) is 0 Å². The highest BCUT2D eigenvalue weighted by molar-refractivity contribution is 9.10. The third-order valence-electron chi connectivity index (χ3n) is 1.26. The Labute approximate surface area is 88.5 Å². The number of halogens is 2. The molecule has 0 heterocycles. The molecule has 4 nitrogen and oxygen atoms in total. The lowest BCUT2D eigenvalue weighted by molar-refractivity contribution is 0.233. The zero-order valence-electron chi connectivity index (χ0n) is 6.46. The lowest BCUT2D eigenvalue weighted by atomic mass is 10.3. The molecule has 4 N–H and O–H groups in total. The number of nitrogens with two attached hydrogens (primary N) is 1. The molecular weight excluding hydrogens is 257 g/mol. The highest BCUT2D eigenvalue weighted by Crippen LogP contribution is 2.27. The van der Waals surface area contributed by atoms with Crippen LogP contribution in [0.2, 0.25) is 5.02 Å². The molecule has 70 valence electrons. The summed E-state index contributed by atoms with van der Waals surface area (Å²) in [5.74, 6) is -0.111. The first kappa shape index (κ1) is 10.3. The zero-order chi connectivity index (χ0) is 9.84. The lowest BCUT2D eigenvalue weighted by Crippen LogP contribution is -2.27. The second-order valence-electron chi connectivity index (χ2n) is 2.20. The quantitative estimate of drug-likeness (QED) is 0.413. The molecule has 1 rings (SSSR count). The van der Waals surface area contributed by atoms with Gasteiger partial charge in [-0.3, -0.25) is 5.21 Å². The maximum absolute atomic E-state index is 8.40. The van der Waals surface area contributed by atoms with Crippen LogP contribution in [-0.4, -0.2) is 11.2 Å². The molecule has 0 atom stereocenters. The third kappa shape index (κ3) is 2.87. The van der Waals surface area contributed by atoms with Gasteiger partial charge in [0.15, 0.2) is 0 Å². The van der Waals surface area contributed by atoms with Gasteiger partial charge in [0.25, 0.3) is 0 Å². The van der Waals surface area contributed by atoms with Crippen LogP contribution < -0.4 is 11.2 Å². The maximum atomic E-state index is 8.40. The minimum Gasteiger partial charge on any atom is -0.368 e. The van der Waals surface area contributed by atoms with E-state index in [0.29, 0.717) is 10.7 Å². The molecule has 0 aromatic heterocycles. The molecule has 0 spiro atoms. The monoisotopic (exact) mass is 263 g/mol. The van der Waals surface area contributed by atoms with Crippen molar-refractivity contribution < 1.29 is 5.21 Å². The van der Waals surface area contributed by atoms with Gasteiger partial charge >= 0.3 is 0 Å². The van der Waals surface area contributed by atoms with Gasteiger partial charge in [-0.05, 0) is 18.2 Å². The van der Waals surface area contributed by atoms with Gasteiger partial charge in [0.05, 0.1) is 10.7 Å². The summed E-state index contributed by atoms with van der Waals surface area (Å²) in [5.41, 5.74) is 7.43. The fourth-order valence-corrected chi connectivity index (χ4v) is 1.24. The van der Waals surface area contributed by atoms with Gasteiger partial charge in [0.1, 0.15) is 0 Å². The van der Waals surface area contributed by atoms with E-state index in [1.165, 1.54) is 0 Å². The Morgan fingerprint density at radius 3 is 2.92 bits per heavy atom. The van der Waals surface area contributed by atoms with Crippen LogP contribution in [-0.2, 0) is 0 Å². The summed E-state index contributed by atoms with van der Waals surface area (Å²) in [6.07, 6.45) is 0. The Hall–Kier alpha value is -0.780.